The van der Waals surface area contributed by atoms with E-state index in [1.165, 1.54) is 11.0 Å². The van der Waals surface area contributed by atoms with Crippen LogP contribution in [0.15, 0.2) is 18.2 Å². The fourth-order valence-corrected chi connectivity index (χ4v) is 2.77. The first-order valence-corrected chi connectivity index (χ1v) is 7.71. The van der Waals surface area contributed by atoms with Crippen molar-refractivity contribution in [3.05, 3.63) is 52.1 Å². The number of rotatable bonds is 2. The molecule has 7 heteroatoms. The molecule has 2 amide bonds. The van der Waals surface area contributed by atoms with E-state index < -0.39 is 5.82 Å². The first kappa shape index (κ1) is 16.2. The number of nitrogens with one attached hydrogen (secondary N) is 1. The van der Waals surface area contributed by atoms with E-state index >= 15 is 0 Å². The smallest absolute Gasteiger partial charge is 0.274 e. The number of aryl methyl sites for hydroxylation is 1. The lowest BCUT2D eigenvalue weighted by Gasteiger charge is -2.27. The van der Waals surface area contributed by atoms with Crippen molar-refractivity contribution in [3.8, 4) is 0 Å². The van der Waals surface area contributed by atoms with Gasteiger partial charge in [-0.3, -0.25) is 14.7 Å². The zero-order valence-electron chi connectivity index (χ0n) is 13.9. The predicted octanol–water partition coefficient (Wildman–Crippen LogP) is 1.76. The lowest BCUT2D eigenvalue weighted by Crippen LogP contribution is -2.37. The number of aromatic amines is 1. The van der Waals surface area contributed by atoms with Gasteiger partial charge < -0.3 is 9.80 Å². The SMILES string of the molecule is Cc1ccc(C(=O)N2CCc3[nH]nc(C(=O)N(C)C)c3C2)cc1F. The molecule has 2 heterocycles. The van der Waals surface area contributed by atoms with Gasteiger partial charge in [-0.15, -0.1) is 0 Å². The van der Waals surface area contributed by atoms with Crippen LogP contribution in [0, 0.1) is 12.7 Å². The number of fused-ring (bicyclic) bond motifs is 1. The third-order valence-corrected chi connectivity index (χ3v) is 4.25. The zero-order valence-corrected chi connectivity index (χ0v) is 13.9. The van der Waals surface area contributed by atoms with Crippen molar-refractivity contribution in [2.24, 2.45) is 0 Å². The fourth-order valence-electron chi connectivity index (χ4n) is 2.77. The Balaban J connectivity index is 1.86. The van der Waals surface area contributed by atoms with E-state index in [-0.39, 0.29) is 18.4 Å². The molecular formula is C17H19FN4O2. The molecule has 0 saturated carbocycles. The van der Waals surface area contributed by atoms with E-state index in [0.29, 0.717) is 29.8 Å². The highest BCUT2D eigenvalue weighted by Crippen LogP contribution is 2.23. The van der Waals surface area contributed by atoms with Gasteiger partial charge in [0, 0.05) is 43.9 Å². The molecule has 0 unspecified atom stereocenters. The van der Waals surface area contributed by atoms with Crippen LogP contribution in [0.4, 0.5) is 4.39 Å². The summed E-state index contributed by atoms with van der Waals surface area (Å²) in [5, 5.41) is 6.98. The van der Waals surface area contributed by atoms with E-state index in [9.17, 15) is 14.0 Å². The van der Waals surface area contributed by atoms with Crippen LogP contribution in [0.3, 0.4) is 0 Å². The summed E-state index contributed by atoms with van der Waals surface area (Å²) >= 11 is 0. The lowest BCUT2D eigenvalue weighted by atomic mass is 10.0. The molecule has 1 aliphatic heterocycles. The van der Waals surface area contributed by atoms with Gasteiger partial charge in [0.05, 0.1) is 6.54 Å². The third kappa shape index (κ3) is 2.77. The Kier molecular flexibility index (Phi) is 4.09. The molecule has 1 aromatic heterocycles. The highest BCUT2D eigenvalue weighted by Gasteiger charge is 2.29. The molecule has 0 bridgehead atoms. The maximum atomic E-state index is 13.7. The Labute approximate surface area is 139 Å². The Hall–Kier alpha value is -2.70. The molecular weight excluding hydrogens is 311 g/mol. The summed E-state index contributed by atoms with van der Waals surface area (Å²) in [6.07, 6.45) is 0.586. The number of H-pyrrole nitrogens is 1. The van der Waals surface area contributed by atoms with E-state index in [0.717, 1.165) is 11.3 Å². The van der Waals surface area contributed by atoms with Gasteiger partial charge >= 0.3 is 0 Å². The molecule has 0 aliphatic carbocycles. The van der Waals surface area contributed by atoms with Crippen molar-refractivity contribution in [1.29, 1.82) is 0 Å². The second-order valence-corrected chi connectivity index (χ2v) is 6.17. The minimum atomic E-state index is -0.398. The van der Waals surface area contributed by atoms with Gasteiger partial charge in [-0.05, 0) is 24.6 Å². The number of carbonyl (C=O) groups excluding carboxylic acids is 2. The first-order chi connectivity index (χ1) is 11.4. The molecule has 2 aromatic rings. The molecule has 0 fully saturated rings. The molecule has 6 nitrogen and oxygen atoms in total. The summed E-state index contributed by atoms with van der Waals surface area (Å²) < 4.78 is 13.7. The van der Waals surface area contributed by atoms with Crippen molar-refractivity contribution in [2.45, 2.75) is 19.9 Å². The summed E-state index contributed by atoms with van der Waals surface area (Å²) in [7, 11) is 3.31. The van der Waals surface area contributed by atoms with Crippen molar-refractivity contribution in [3.63, 3.8) is 0 Å². The van der Waals surface area contributed by atoms with Gasteiger partial charge in [0.25, 0.3) is 11.8 Å². The maximum absolute atomic E-state index is 13.7. The summed E-state index contributed by atoms with van der Waals surface area (Å²) in [4.78, 5) is 27.9. The van der Waals surface area contributed by atoms with Crippen LogP contribution in [0.5, 0.6) is 0 Å². The summed E-state index contributed by atoms with van der Waals surface area (Å²) in [6, 6.07) is 4.47. The summed E-state index contributed by atoms with van der Waals surface area (Å²) in [5.74, 6) is -0.850. The number of carbonyl (C=O) groups is 2. The third-order valence-electron chi connectivity index (χ3n) is 4.25. The molecule has 0 spiro atoms. The van der Waals surface area contributed by atoms with Crippen LogP contribution in [0.2, 0.25) is 0 Å². The van der Waals surface area contributed by atoms with Gasteiger partial charge in [-0.1, -0.05) is 6.07 Å². The molecule has 1 aromatic carbocycles. The van der Waals surface area contributed by atoms with Gasteiger partial charge in [0.1, 0.15) is 5.82 Å². The Morgan fingerprint density at radius 1 is 1.33 bits per heavy atom. The number of hydrogen-bond acceptors (Lipinski definition) is 3. The van der Waals surface area contributed by atoms with Crippen molar-refractivity contribution < 1.29 is 14.0 Å². The van der Waals surface area contributed by atoms with Gasteiger partial charge in [0.15, 0.2) is 5.69 Å². The predicted molar refractivity (Wildman–Crippen MR) is 86.2 cm³/mol. The normalized spacial score (nSPS) is 13.6. The minimum Gasteiger partial charge on any atom is -0.343 e. The van der Waals surface area contributed by atoms with Gasteiger partial charge in [-0.25, -0.2) is 4.39 Å². The van der Waals surface area contributed by atoms with Crippen LogP contribution in [-0.2, 0) is 13.0 Å². The largest absolute Gasteiger partial charge is 0.343 e. The van der Waals surface area contributed by atoms with Gasteiger partial charge in [-0.2, -0.15) is 5.10 Å². The van der Waals surface area contributed by atoms with E-state index in [1.807, 2.05) is 0 Å². The Morgan fingerprint density at radius 2 is 2.08 bits per heavy atom. The van der Waals surface area contributed by atoms with Gasteiger partial charge in [0.2, 0.25) is 0 Å². The Bertz CT molecular complexity index is 813. The standard InChI is InChI=1S/C17H19FN4O2/c1-10-4-5-11(8-13(10)18)16(23)22-7-6-14-12(9-22)15(20-19-14)17(24)21(2)3/h4-5,8H,6-7,9H2,1-3H3,(H,19,20). The quantitative estimate of drug-likeness (QED) is 0.912. The topological polar surface area (TPSA) is 69.3 Å². The van der Waals surface area contributed by atoms with Crippen LogP contribution >= 0.6 is 0 Å². The second kappa shape index (κ2) is 6.07. The molecule has 0 saturated heterocycles. The minimum absolute atomic E-state index is 0.205. The molecule has 126 valence electrons. The van der Waals surface area contributed by atoms with Crippen LogP contribution in [0.25, 0.3) is 0 Å². The second-order valence-electron chi connectivity index (χ2n) is 6.17. The molecule has 0 atom stereocenters. The monoisotopic (exact) mass is 330 g/mol. The number of amides is 2. The number of nitrogens with zero attached hydrogens (tertiary/aromatic N) is 3. The van der Waals surface area contributed by atoms with Crippen LogP contribution < -0.4 is 0 Å². The number of hydrogen-bond donors (Lipinski definition) is 1. The Morgan fingerprint density at radius 3 is 2.75 bits per heavy atom. The van der Waals surface area contributed by atoms with Crippen molar-refractivity contribution in [2.75, 3.05) is 20.6 Å². The van der Waals surface area contributed by atoms with Crippen LogP contribution in [-0.4, -0.2) is 52.5 Å². The van der Waals surface area contributed by atoms with Crippen molar-refractivity contribution >= 4 is 11.8 Å². The lowest BCUT2D eigenvalue weighted by molar-refractivity contribution is 0.0726. The maximum Gasteiger partial charge on any atom is 0.274 e. The van der Waals surface area contributed by atoms with E-state index in [2.05, 4.69) is 10.2 Å². The van der Waals surface area contributed by atoms with E-state index in [4.69, 9.17) is 0 Å². The zero-order chi connectivity index (χ0) is 17.4. The first-order valence-electron chi connectivity index (χ1n) is 7.71. The molecule has 0 radical (unpaired) electrons. The molecule has 3 rings (SSSR count). The van der Waals surface area contributed by atoms with Crippen LogP contribution in [0.1, 0.15) is 37.7 Å². The molecule has 24 heavy (non-hydrogen) atoms. The number of aromatic nitrogens is 2. The average molecular weight is 330 g/mol. The highest BCUT2D eigenvalue weighted by atomic mass is 19.1. The summed E-state index contributed by atoms with van der Waals surface area (Å²) in [6.45, 7) is 2.44. The van der Waals surface area contributed by atoms with Crippen molar-refractivity contribution in [1.82, 2.24) is 20.0 Å². The summed E-state index contributed by atoms with van der Waals surface area (Å²) in [5.41, 5.74) is 2.76. The number of halogens is 1. The molecule has 1 N–H and O–H groups in total. The highest BCUT2D eigenvalue weighted by molar-refractivity contribution is 5.96. The average Bonchev–Trinajstić information content (AvgIpc) is 2.98. The number of benzene rings is 1. The molecule has 1 aliphatic rings. The van der Waals surface area contributed by atoms with E-state index in [1.54, 1.807) is 38.1 Å². The fraction of sp³-hybridized carbons (Fsp3) is 0.353.